The highest BCUT2D eigenvalue weighted by atomic mass is 79.9. The van der Waals surface area contributed by atoms with Crippen molar-refractivity contribution in [2.24, 2.45) is 0 Å². The second kappa shape index (κ2) is 3.88. The highest BCUT2D eigenvalue weighted by molar-refractivity contribution is 9.12. The van der Waals surface area contributed by atoms with Gasteiger partial charge in [0.2, 0.25) is 0 Å². The van der Waals surface area contributed by atoms with Crippen LogP contribution in [0.2, 0.25) is 0 Å². The summed E-state index contributed by atoms with van der Waals surface area (Å²) >= 11 is 2.92. The number of nitro groups is 1. The first-order chi connectivity index (χ1) is 5.74. The largest absolute Gasteiger partial charge is 0.270 e. The second-order valence-electron chi connectivity index (χ2n) is 2.03. The highest BCUT2D eigenvalue weighted by Gasteiger charge is 2.03. The van der Waals surface area contributed by atoms with Crippen molar-refractivity contribution in [3.05, 3.63) is 39.9 Å². The fourth-order valence-electron chi connectivity index (χ4n) is 0.752. The number of benzene rings is 1. The average molecular weight is 226 g/mol. The standard InChI is InChI=1S/C8H4BrNO2/c9-5-4-7-2-1-3-8(6-7)10(11)12/h1-3,6H. The van der Waals surface area contributed by atoms with Gasteiger partial charge in [-0.1, -0.05) is 12.0 Å². The first-order valence-corrected chi connectivity index (χ1v) is 3.89. The lowest BCUT2D eigenvalue weighted by Gasteiger charge is -1.90. The van der Waals surface area contributed by atoms with Crippen LogP contribution in [0.15, 0.2) is 24.3 Å². The van der Waals surface area contributed by atoms with E-state index in [4.69, 9.17) is 0 Å². The van der Waals surface area contributed by atoms with Gasteiger partial charge in [0.15, 0.2) is 0 Å². The monoisotopic (exact) mass is 225 g/mol. The molecule has 0 saturated carbocycles. The molecule has 1 aromatic rings. The van der Waals surface area contributed by atoms with E-state index in [1.54, 1.807) is 12.1 Å². The molecule has 0 radical (unpaired) electrons. The number of non-ortho nitro benzene ring substituents is 1. The van der Waals surface area contributed by atoms with Gasteiger partial charge in [-0.2, -0.15) is 0 Å². The topological polar surface area (TPSA) is 43.1 Å². The molecule has 0 aliphatic carbocycles. The Morgan fingerprint density at radius 1 is 1.50 bits per heavy atom. The van der Waals surface area contributed by atoms with Gasteiger partial charge in [-0.15, -0.1) is 0 Å². The zero-order chi connectivity index (χ0) is 8.97. The zero-order valence-corrected chi connectivity index (χ0v) is 7.54. The minimum atomic E-state index is -0.445. The Morgan fingerprint density at radius 3 is 2.83 bits per heavy atom. The predicted molar refractivity (Wildman–Crippen MR) is 48.9 cm³/mol. The van der Waals surface area contributed by atoms with E-state index in [1.165, 1.54) is 12.1 Å². The van der Waals surface area contributed by atoms with Gasteiger partial charge in [-0.3, -0.25) is 10.1 Å². The van der Waals surface area contributed by atoms with Crippen LogP contribution in [0.4, 0.5) is 5.69 Å². The first kappa shape index (κ1) is 8.75. The van der Waals surface area contributed by atoms with Crippen molar-refractivity contribution in [1.82, 2.24) is 0 Å². The molecule has 0 spiro atoms. The minimum absolute atomic E-state index is 0.0581. The number of nitrogens with zero attached hydrogens (tertiary/aromatic N) is 1. The lowest BCUT2D eigenvalue weighted by atomic mass is 10.2. The van der Waals surface area contributed by atoms with Crippen LogP contribution in [0.1, 0.15) is 5.56 Å². The van der Waals surface area contributed by atoms with Gasteiger partial charge < -0.3 is 0 Å². The van der Waals surface area contributed by atoms with E-state index < -0.39 is 4.92 Å². The van der Waals surface area contributed by atoms with Gasteiger partial charge in [0.25, 0.3) is 5.69 Å². The number of nitro benzene ring substituents is 1. The van der Waals surface area contributed by atoms with Crippen LogP contribution in [-0.2, 0) is 0 Å². The maximum absolute atomic E-state index is 10.3. The van der Waals surface area contributed by atoms with E-state index >= 15 is 0 Å². The van der Waals surface area contributed by atoms with Crippen LogP contribution in [0.3, 0.4) is 0 Å². The van der Waals surface area contributed by atoms with Crippen molar-refractivity contribution in [3.8, 4) is 10.8 Å². The predicted octanol–water partition coefficient (Wildman–Crippen LogP) is 2.30. The van der Waals surface area contributed by atoms with Gasteiger partial charge >= 0.3 is 0 Å². The Labute approximate surface area is 77.7 Å². The van der Waals surface area contributed by atoms with Gasteiger partial charge in [-0.25, -0.2) is 0 Å². The van der Waals surface area contributed by atoms with Crippen molar-refractivity contribution < 1.29 is 4.92 Å². The number of halogens is 1. The van der Waals surface area contributed by atoms with Crippen molar-refractivity contribution in [2.75, 3.05) is 0 Å². The molecule has 0 aliphatic heterocycles. The number of hydrogen-bond acceptors (Lipinski definition) is 2. The fourth-order valence-corrected chi connectivity index (χ4v) is 0.981. The molecular formula is C8H4BrNO2. The maximum Gasteiger partial charge on any atom is 0.270 e. The highest BCUT2D eigenvalue weighted by Crippen LogP contribution is 2.11. The molecule has 0 heterocycles. The Balaban J connectivity index is 3.09. The van der Waals surface area contributed by atoms with Crippen LogP contribution in [0, 0.1) is 20.9 Å². The molecule has 0 aromatic heterocycles. The lowest BCUT2D eigenvalue weighted by Crippen LogP contribution is -1.87. The molecule has 60 valence electrons. The van der Waals surface area contributed by atoms with Gasteiger partial charge in [0, 0.05) is 33.6 Å². The van der Waals surface area contributed by atoms with Crippen LogP contribution in [0.25, 0.3) is 0 Å². The Kier molecular flexibility index (Phi) is 2.83. The third-order valence-corrected chi connectivity index (χ3v) is 1.45. The maximum atomic E-state index is 10.3. The summed E-state index contributed by atoms with van der Waals surface area (Å²) in [5, 5.41) is 10.3. The average Bonchev–Trinajstić information content (AvgIpc) is 2.05. The van der Waals surface area contributed by atoms with Crippen molar-refractivity contribution in [3.63, 3.8) is 0 Å². The number of rotatable bonds is 1. The van der Waals surface area contributed by atoms with Crippen LogP contribution in [-0.4, -0.2) is 4.92 Å². The third kappa shape index (κ3) is 2.07. The fraction of sp³-hybridized carbons (Fsp3) is 0. The summed E-state index contributed by atoms with van der Waals surface area (Å²) in [6.45, 7) is 0. The SMILES string of the molecule is O=[N+]([O-])c1cccc(C#CBr)c1. The van der Waals surface area contributed by atoms with Crippen molar-refractivity contribution >= 4 is 21.6 Å². The Bertz CT molecular complexity index is 365. The summed E-state index contributed by atoms with van der Waals surface area (Å²) in [5.41, 5.74) is 0.684. The van der Waals surface area contributed by atoms with E-state index in [0.29, 0.717) is 5.56 Å². The molecule has 1 aromatic carbocycles. The molecule has 12 heavy (non-hydrogen) atoms. The number of hydrogen-bond donors (Lipinski definition) is 0. The molecule has 0 saturated heterocycles. The molecule has 0 unspecified atom stereocenters. The molecule has 0 N–H and O–H groups in total. The zero-order valence-electron chi connectivity index (χ0n) is 5.95. The third-order valence-electron chi connectivity index (χ3n) is 1.25. The molecule has 0 amide bonds. The normalized spacial score (nSPS) is 8.42. The van der Waals surface area contributed by atoms with Gasteiger partial charge in [0.1, 0.15) is 0 Å². The molecule has 0 atom stereocenters. The molecular weight excluding hydrogens is 222 g/mol. The van der Waals surface area contributed by atoms with Crippen LogP contribution in [0.5, 0.6) is 0 Å². The molecule has 4 heteroatoms. The molecule has 3 nitrogen and oxygen atoms in total. The first-order valence-electron chi connectivity index (χ1n) is 3.10. The van der Waals surface area contributed by atoms with Crippen molar-refractivity contribution in [1.29, 1.82) is 0 Å². The van der Waals surface area contributed by atoms with E-state index in [-0.39, 0.29) is 5.69 Å². The van der Waals surface area contributed by atoms with E-state index in [0.717, 1.165) is 0 Å². The van der Waals surface area contributed by atoms with Crippen molar-refractivity contribution in [2.45, 2.75) is 0 Å². The van der Waals surface area contributed by atoms with E-state index in [1.807, 2.05) is 0 Å². The van der Waals surface area contributed by atoms with E-state index in [9.17, 15) is 10.1 Å². The molecule has 0 aliphatic rings. The molecule has 0 fully saturated rings. The summed E-state index contributed by atoms with van der Waals surface area (Å²) in [6, 6.07) is 6.17. The summed E-state index contributed by atoms with van der Waals surface area (Å²) in [6.07, 6.45) is 0. The summed E-state index contributed by atoms with van der Waals surface area (Å²) in [4.78, 5) is 12.3. The Morgan fingerprint density at radius 2 is 2.25 bits per heavy atom. The Hall–Kier alpha value is -1.34. The van der Waals surface area contributed by atoms with Gasteiger partial charge in [-0.05, 0) is 10.9 Å². The summed E-state index contributed by atoms with van der Waals surface area (Å²) < 4.78 is 0. The molecule has 0 bridgehead atoms. The molecule has 1 rings (SSSR count). The second-order valence-corrected chi connectivity index (χ2v) is 2.42. The minimum Gasteiger partial charge on any atom is -0.258 e. The van der Waals surface area contributed by atoms with Crippen LogP contribution < -0.4 is 0 Å². The quantitative estimate of drug-likeness (QED) is 0.419. The van der Waals surface area contributed by atoms with E-state index in [2.05, 4.69) is 26.7 Å². The van der Waals surface area contributed by atoms with Gasteiger partial charge in [0.05, 0.1) is 4.92 Å². The smallest absolute Gasteiger partial charge is 0.258 e. The summed E-state index contributed by atoms with van der Waals surface area (Å²) in [7, 11) is 0. The summed E-state index contributed by atoms with van der Waals surface area (Å²) in [5.74, 6) is 2.66. The lowest BCUT2D eigenvalue weighted by molar-refractivity contribution is -0.384. The van der Waals surface area contributed by atoms with Crippen LogP contribution >= 0.6 is 15.9 Å².